The molecule has 0 atom stereocenters. The molecule has 2 aromatic heterocycles. The van der Waals surface area contributed by atoms with Crippen LogP contribution in [0.3, 0.4) is 0 Å². The van der Waals surface area contributed by atoms with Gasteiger partial charge >= 0.3 is 5.97 Å². The van der Waals surface area contributed by atoms with Crippen LogP contribution in [-0.4, -0.2) is 62.7 Å². The number of aromatic carboxylic acids is 1. The Bertz CT molecular complexity index is 1800. The lowest BCUT2D eigenvalue weighted by Gasteiger charge is -2.44. The van der Waals surface area contributed by atoms with Crippen LogP contribution in [0.4, 0.5) is 0 Å². The van der Waals surface area contributed by atoms with Crippen LogP contribution >= 0.6 is 0 Å². The van der Waals surface area contributed by atoms with Crippen molar-refractivity contribution in [2.24, 2.45) is 5.92 Å². The number of Topliss-reactive ketones (excluding diaryl/α,β-unsaturated/α-hetero) is 1. The van der Waals surface area contributed by atoms with Gasteiger partial charge in [0.25, 0.3) is 5.91 Å². The van der Waals surface area contributed by atoms with Crippen molar-refractivity contribution in [3.63, 3.8) is 0 Å². The number of piperidine rings is 1. The molecule has 220 valence electrons. The number of rotatable bonds is 6. The van der Waals surface area contributed by atoms with Crippen LogP contribution in [0.5, 0.6) is 5.75 Å². The molecule has 1 aliphatic carbocycles. The molecule has 9 nitrogen and oxygen atoms in total. The number of carboxylic acid groups (broad SMARTS) is 1. The number of amides is 1. The van der Waals surface area contributed by atoms with Gasteiger partial charge in [-0.1, -0.05) is 12.1 Å². The van der Waals surface area contributed by atoms with Crippen molar-refractivity contribution < 1.29 is 29.1 Å². The van der Waals surface area contributed by atoms with Crippen LogP contribution < -0.4 is 9.57 Å². The number of carboxylic acids is 1. The number of carbonyl (C=O) groups is 3. The van der Waals surface area contributed by atoms with Crippen molar-refractivity contribution >= 4 is 28.6 Å². The highest BCUT2D eigenvalue weighted by atomic mass is 16.7. The fourth-order valence-corrected chi connectivity index (χ4v) is 6.24. The van der Waals surface area contributed by atoms with Crippen molar-refractivity contribution in [1.82, 2.24) is 14.6 Å². The van der Waals surface area contributed by atoms with Gasteiger partial charge in [-0.25, -0.2) is 4.79 Å². The molecule has 0 radical (unpaired) electrons. The maximum Gasteiger partial charge on any atom is 0.337 e. The summed E-state index contributed by atoms with van der Waals surface area (Å²) in [6.07, 6.45) is 5.37. The molecule has 2 aliphatic heterocycles. The predicted octanol–water partition coefficient (Wildman–Crippen LogP) is 5.50. The highest BCUT2D eigenvalue weighted by Crippen LogP contribution is 2.41. The number of ether oxygens (including phenoxy) is 1. The average molecular weight is 580 g/mol. The van der Waals surface area contributed by atoms with Crippen LogP contribution in [0.15, 0.2) is 54.7 Å². The molecule has 1 saturated carbocycles. The van der Waals surface area contributed by atoms with Gasteiger partial charge in [0.2, 0.25) is 0 Å². The third-order valence-electron chi connectivity index (χ3n) is 9.02. The van der Waals surface area contributed by atoms with E-state index in [4.69, 9.17) is 9.57 Å². The molecule has 3 aliphatic rings. The maximum atomic E-state index is 13.6. The van der Waals surface area contributed by atoms with Gasteiger partial charge in [-0.3, -0.25) is 14.6 Å². The summed E-state index contributed by atoms with van der Waals surface area (Å²) in [5, 5.41) is 10.5. The second-order valence-corrected chi connectivity index (χ2v) is 12.1. The summed E-state index contributed by atoms with van der Waals surface area (Å²) in [6, 6.07) is 14.8. The van der Waals surface area contributed by atoms with E-state index in [2.05, 4.69) is 11.1 Å². The Morgan fingerprint density at radius 2 is 1.84 bits per heavy atom. The Kier molecular flexibility index (Phi) is 6.49. The first kappa shape index (κ1) is 27.2. The summed E-state index contributed by atoms with van der Waals surface area (Å²) in [5.74, 6) is 0.0473. The summed E-state index contributed by atoms with van der Waals surface area (Å²) in [4.78, 5) is 50.7. The molecule has 0 unspecified atom stereocenters. The largest absolute Gasteiger partial charge is 0.486 e. The van der Waals surface area contributed by atoms with E-state index < -0.39 is 11.6 Å². The van der Waals surface area contributed by atoms with Crippen molar-refractivity contribution in [2.75, 3.05) is 19.7 Å². The normalized spacial score (nSPS) is 17.5. The van der Waals surface area contributed by atoms with Gasteiger partial charge < -0.3 is 19.6 Å². The van der Waals surface area contributed by atoms with E-state index in [-0.39, 0.29) is 23.7 Å². The number of aromatic nitrogens is 2. The third-order valence-corrected chi connectivity index (χ3v) is 9.02. The van der Waals surface area contributed by atoms with Gasteiger partial charge in [0, 0.05) is 48.6 Å². The summed E-state index contributed by atoms with van der Waals surface area (Å²) in [7, 11) is 0. The number of carbonyl (C=O) groups excluding carboxylic acids is 2. The molecule has 4 heterocycles. The molecular weight excluding hydrogens is 546 g/mol. The smallest absolute Gasteiger partial charge is 0.337 e. The number of hydrogen-bond donors (Lipinski definition) is 1. The molecule has 7 rings (SSSR count). The number of likely N-dealkylation sites (tertiary alicyclic amines) is 1. The Morgan fingerprint density at radius 1 is 1.05 bits per heavy atom. The van der Waals surface area contributed by atoms with Gasteiger partial charge in [-0.05, 0) is 74.6 Å². The third kappa shape index (κ3) is 5.02. The molecule has 1 spiro atoms. The number of benzene rings is 2. The zero-order valence-electron chi connectivity index (χ0n) is 24.3. The molecule has 2 aromatic carbocycles. The Morgan fingerprint density at radius 3 is 2.58 bits per heavy atom. The van der Waals surface area contributed by atoms with E-state index in [9.17, 15) is 19.5 Å². The lowest BCUT2D eigenvalue weighted by atomic mass is 9.82. The minimum Gasteiger partial charge on any atom is -0.486 e. The summed E-state index contributed by atoms with van der Waals surface area (Å²) < 4.78 is 8.32. The molecule has 2 fully saturated rings. The lowest BCUT2D eigenvalue weighted by molar-refractivity contribution is -0.00571. The summed E-state index contributed by atoms with van der Waals surface area (Å²) in [6.45, 7) is 5.33. The first-order valence-electron chi connectivity index (χ1n) is 14.8. The zero-order valence-corrected chi connectivity index (χ0v) is 24.3. The Balaban J connectivity index is 1.06. The maximum absolute atomic E-state index is 13.6. The number of pyridine rings is 1. The van der Waals surface area contributed by atoms with E-state index in [1.807, 2.05) is 40.8 Å². The zero-order chi connectivity index (χ0) is 29.9. The molecule has 1 amide bonds. The molecule has 0 bridgehead atoms. The lowest BCUT2D eigenvalue weighted by Crippen LogP contribution is -2.52. The second kappa shape index (κ2) is 10.3. The molecule has 9 heteroatoms. The van der Waals surface area contributed by atoms with Crippen LogP contribution in [0.25, 0.3) is 22.0 Å². The predicted molar refractivity (Wildman–Crippen MR) is 160 cm³/mol. The first-order chi connectivity index (χ1) is 20.7. The molecule has 1 saturated heterocycles. The van der Waals surface area contributed by atoms with Crippen LogP contribution in [-0.2, 0) is 0 Å². The van der Waals surface area contributed by atoms with Crippen LogP contribution in [0.1, 0.15) is 74.6 Å². The monoisotopic (exact) mass is 579 g/mol. The van der Waals surface area contributed by atoms with Gasteiger partial charge in [0.05, 0.1) is 34.5 Å². The van der Waals surface area contributed by atoms with Gasteiger partial charge in [0.1, 0.15) is 18.0 Å². The highest BCUT2D eigenvalue weighted by Gasteiger charge is 2.44. The topological polar surface area (TPSA) is 111 Å². The number of fused-ring (bicyclic) bond motifs is 2. The number of nitrogens with zero attached hydrogens (tertiary/aromatic N) is 3. The van der Waals surface area contributed by atoms with Crippen molar-refractivity contribution in [2.45, 2.75) is 51.6 Å². The standard InChI is InChI=1S/C34H33N3O6/c1-20-13-24-5-6-25(16-29(24)37(20)42-19-22-3-4-22)32(39)36-11-9-34(10-12-36)17-30(38)28-14-23(7-8-31(28)43-34)26-15-27(33(40)41)21(2)35-18-26/h5-8,13-16,18,22H,3-4,9-12,17,19H2,1-2H3,(H,40,41). The summed E-state index contributed by atoms with van der Waals surface area (Å²) in [5.41, 5.74) is 4.24. The Labute approximate surface area is 249 Å². The van der Waals surface area contributed by atoms with Crippen molar-refractivity contribution in [3.8, 4) is 16.9 Å². The van der Waals surface area contributed by atoms with Crippen molar-refractivity contribution in [1.29, 1.82) is 0 Å². The number of ketones is 1. The van der Waals surface area contributed by atoms with E-state index in [0.29, 0.717) is 72.2 Å². The highest BCUT2D eigenvalue weighted by molar-refractivity contribution is 6.02. The molecule has 1 N–H and O–H groups in total. The van der Waals surface area contributed by atoms with E-state index >= 15 is 0 Å². The fraction of sp³-hybridized carbons (Fsp3) is 0.353. The van der Waals surface area contributed by atoms with E-state index in [1.165, 1.54) is 12.8 Å². The van der Waals surface area contributed by atoms with E-state index in [1.54, 1.807) is 31.3 Å². The quantitative estimate of drug-likeness (QED) is 0.321. The Hall–Kier alpha value is -4.66. The number of aryl methyl sites for hydroxylation is 2. The van der Waals surface area contributed by atoms with E-state index in [0.717, 1.165) is 16.6 Å². The summed E-state index contributed by atoms with van der Waals surface area (Å²) >= 11 is 0. The minimum absolute atomic E-state index is 0.0193. The van der Waals surface area contributed by atoms with Gasteiger partial charge in [-0.15, -0.1) is 0 Å². The average Bonchev–Trinajstić information content (AvgIpc) is 3.77. The minimum atomic E-state index is -1.04. The fourth-order valence-electron chi connectivity index (χ4n) is 6.24. The first-order valence-corrected chi connectivity index (χ1v) is 14.8. The van der Waals surface area contributed by atoms with Crippen LogP contribution in [0, 0.1) is 19.8 Å². The van der Waals surface area contributed by atoms with Crippen LogP contribution in [0.2, 0.25) is 0 Å². The molecular formula is C34H33N3O6. The van der Waals surface area contributed by atoms with Gasteiger partial charge in [-0.2, -0.15) is 4.73 Å². The SMILES string of the molecule is Cc1ncc(-c2ccc3c(c2)C(=O)CC2(CCN(C(=O)c4ccc5cc(C)n(OCC6CC6)c5c4)CC2)O3)cc1C(=O)O. The second-order valence-electron chi connectivity index (χ2n) is 12.1. The van der Waals surface area contributed by atoms with Gasteiger partial charge in [0.15, 0.2) is 5.78 Å². The molecule has 43 heavy (non-hydrogen) atoms. The number of hydrogen-bond acceptors (Lipinski definition) is 6. The molecule has 4 aromatic rings. The van der Waals surface area contributed by atoms with Crippen molar-refractivity contribution in [3.05, 3.63) is 82.8 Å².